The van der Waals surface area contributed by atoms with E-state index < -0.39 is 4.92 Å². The summed E-state index contributed by atoms with van der Waals surface area (Å²) in [6.07, 6.45) is 2.13. The highest BCUT2D eigenvalue weighted by atomic mass is 16.6. The van der Waals surface area contributed by atoms with Crippen LogP contribution in [-0.4, -0.2) is 23.8 Å². The first-order chi connectivity index (χ1) is 12.0. The number of carbonyl (C=O) groups excluding carboxylic acids is 1. The van der Waals surface area contributed by atoms with Gasteiger partial charge < -0.3 is 4.90 Å². The van der Waals surface area contributed by atoms with Crippen LogP contribution in [0.25, 0.3) is 0 Å². The lowest BCUT2D eigenvalue weighted by atomic mass is 9.95. The van der Waals surface area contributed by atoms with Crippen LogP contribution >= 0.6 is 0 Å². The number of nitro groups is 1. The van der Waals surface area contributed by atoms with Crippen LogP contribution < -0.4 is 4.90 Å². The molecule has 0 N–H and O–H groups in total. The molecule has 0 spiro atoms. The molecule has 1 aliphatic rings. The number of nitrogens with zero attached hydrogens (tertiary/aromatic N) is 2. The van der Waals surface area contributed by atoms with Gasteiger partial charge in [0.15, 0.2) is 5.78 Å². The summed E-state index contributed by atoms with van der Waals surface area (Å²) in [5, 5.41) is 11.2. The van der Waals surface area contributed by atoms with Gasteiger partial charge in [0.25, 0.3) is 5.69 Å². The van der Waals surface area contributed by atoms with Crippen LogP contribution in [0.4, 0.5) is 11.4 Å². The Morgan fingerprint density at radius 1 is 1.12 bits per heavy atom. The highest BCUT2D eigenvalue weighted by molar-refractivity contribution is 6.12. The van der Waals surface area contributed by atoms with Crippen LogP contribution in [0, 0.1) is 23.0 Å². The molecule has 5 heteroatoms. The maximum atomic E-state index is 13.0. The van der Waals surface area contributed by atoms with Crippen molar-refractivity contribution in [3.8, 4) is 0 Å². The summed E-state index contributed by atoms with van der Waals surface area (Å²) in [6.45, 7) is 5.92. The summed E-state index contributed by atoms with van der Waals surface area (Å²) in [5.41, 5.74) is 2.78. The number of anilines is 1. The fourth-order valence-electron chi connectivity index (χ4n) is 3.21. The Balaban J connectivity index is 2.02. The lowest BCUT2D eigenvalue weighted by Gasteiger charge is -2.33. The number of hydrogen-bond acceptors (Lipinski definition) is 4. The second-order valence-corrected chi connectivity index (χ2v) is 6.82. The van der Waals surface area contributed by atoms with E-state index in [0.29, 0.717) is 17.0 Å². The quantitative estimate of drug-likeness (QED) is 0.472. The molecule has 0 amide bonds. The van der Waals surface area contributed by atoms with Gasteiger partial charge in [0.05, 0.1) is 10.5 Å². The Kier molecular flexibility index (Phi) is 4.83. The van der Waals surface area contributed by atoms with Gasteiger partial charge in [-0.05, 0) is 31.7 Å². The molecular weight excluding hydrogens is 316 g/mol. The van der Waals surface area contributed by atoms with E-state index in [-0.39, 0.29) is 11.5 Å². The van der Waals surface area contributed by atoms with Crippen molar-refractivity contribution < 1.29 is 9.72 Å². The Bertz CT molecular complexity index is 791. The maximum absolute atomic E-state index is 13.0. The van der Waals surface area contributed by atoms with Crippen molar-refractivity contribution in [2.75, 3.05) is 18.0 Å². The molecule has 0 unspecified atom stereocenters. The molecule has 0 atom stereocenters. The molecule has 1 heterocycles. The molecule has 0 bridgehead atoms. The van der Waals surface area contributed by atoms with E-state index in [0.717, 1.165) is 37.2 Å². The van der Waals surface area contributed by atoms with Gasteiger partial charge in [0.2, 0.25) is 0 Å². The standard InChI is InChI=1S/C20H22N2O3/c1-14-3-5-16(6-4-14)20(23)18-13-17(22(24)25)7-8-19(18)21-11-9-15(2)10-12-21/h3-8,13,15H,9-12H2,1-2H3. The summed E-state index contributed by atoms with van der Waals surface area (Å²) >= 11 is 0. The summed E-state index contributed by atoms with van der Waals surface area (Å²) in [7, 11) is 0. The van der Waals surface area contributed by atoms with Crippen LogP contribution in [0.15, 0.2) is 42.5 Å². The molecule has 2 aromatic carbocycles. The molecule has 1 saturated heterocycles. The van der Waals surface area contributed by atoms with Gasteiger partial charge in [0.1, 0.15) is 0 Å². The van der Waals surface area contributed by atoms with Gasteiger partial charge >= 0.3 is 0 Å². The first-order valence-electron chi connectivity index (χ1n) is 8.60. The predicted molar refractivity (Wildman–Crippen MR) is 98.3 cm³/mol. The zero-order valence-electron chi connectivity index (χ0n) is 14.6. The first kappa shape index (κ1) is 17.1. The molecule has 130 valence electrons. The Morgan fingerprint density at radius 3 is 2.36 bits per heavy atom. The molecular formula is C20H22N2O3. The zero-order valence-corrected chi connectivity index (χ0v) is 14.6. The molecule has 0 saturated carbocycles. The molecule has 2 aromatic rings. The van der Waals surface area contributed by atoms with E-state index in [2.05, 4.69) is 11.8 Å². The number of aryl methyl sites for hydroxylation is 1. The second-order valence-electron chi connectivity index (χ2n) is 6.82. The Hall–Kier alpha value is -2.69. The lowest BCUT2D eigenvalue weighted by molar-refractivity contribution is -0.384. The fourth-order valence-corrected chi connectivity index (χ4v) is 3.21. The van der Waals surface area contributed by atoms with Gasteiger partial charge in [-0.2, -0.15) is 0 Å². The van der Waals surface area contributed by atoms with Crippen molar-refractivity contribution in [3.63, 3.8) is 0 Å². The van der Waals surface area contributed by atoms with E-state index in [1.807, 2.05) is 19.1 Å². The number of rotatable bonds is 4. The van der Waals surface area contributed by atoms with Gasteiger partial charge in [-0.1, -0.05) is 36.8 Å². The third-order valence-electron chi connectivity index (χ3n) is 4.87. The molecule has 0 aromatic heterocycles. The molecule has 0 radical (unpaired) electrons. The number of carbonyl (C=O) groups is 1. The summed E-state index contributed by atoms with van der Waals surface area (Å²) in [4.78, 5) is 25.9. The SMILES string of the molecule is Cc1ccc(C(=O)c2cc([N+](=O)[O-])ccc2N2CCC(C)CC2)cc1. The minimum absolute atomic E-state index is 0.0513. The van der Waals surface area contributed by atoms with Crippen LogP contribution in [0.2, 0.25) is 0 Å². The van der Waals surface area contributed by atoms with Crippen LogP contribution in [0.1, 0.15) is 41.3 Å². The highest BCUT2D eigenvalue weighted by Gasteiger charge is 2.24. The molecule has 1 fully saturated rings. The van der Waals surface area contributed by atoms with Crippen molar-refractivity contribution >= 4 is 17.2 Å². The van der Waals surface area contributed by atoms with Crippen molar-refractivity contribution in [1.82, 2.24) is 0 Å². The molecule has 5 nitrogen and oxygen atoms in total. The molecule has 25 heavy (non-hydrogen) atoms. The van der Waals surface area contributed by atoms with Gasteiger partial charge in [-0.25, -0.2) is 0 Å². The number of piperidine rings is 1. The van der Waals surface area contributed by atoms with Gasteiger partial charge in [-0.15, -0.1) is 0 Å². The number of ketones is 1. The van der Waals surface area contributed by atoms with Crippen LogP contribution in [0.3, 0.4) is 0 Å². The van der Waals surface area contributed by atoms with E-state index in [1.165, 1.54) is 12.1 Å². The van der Waals surface area contributed by atoms with Crippen LogP contribution in [-0.2, 0) is 0 Å². The predicted octanol–water partition coefficient (Wildman–Crippen LogP) is 4.37. The average Bonchev–Trinajstić information content (AvgIpc) is 2.62. The third-order valence-corrected chi connectivity index (χ3v) is 4.87. The normalized spacial score (nSPS) is 15.2. The summed E-state index contributed by atoms with van der Waals surface area (Å²) < 4.78 is 0. The summed E-state index contributed by atoms with van der Waals surface area (Å²) in [6, 6.07) is 11.9. The maximum Gasteiger partial charge on any atom is 0.270 e. The largest absolute Gasteiger partial charge is 0.371 e. The first-order valence-corrected chi connectivity index (χ1v) is 8.60. The topological polar surface area (TPSA) is 63.4 Å². The fraction of sp³-hybridized carbons (Fsp3) is 0.350. The van der Waals surface area contributed by atoms with E-state index in [1.54, 1.807) is 18.2 Å². The van der Waals surface area contributed by atoms with Crippen molar-refractivity contribution in [2.45, 2.75) is 26.7 Å². The number of hydrogen-bond donors (Lipinski definition) is 0. The number of nitro benzene ring substituents is 1. The van der Waals surface area contributed by atoms with E-state index >= 15 is 0 Å². The minimum Gasteiger partial charge on any atom is -0.371 e. The molecule has 3 rings (SSSR count). The third kappa shape index (κ3) is 3.71. The van der Waals surface area contributed by atoms with Crippen LogP contribution in [0.5, 0.6) is 0 Å². The number of benzene rings is 2. The zero-order chi connectivity index (χ0) is 18.0. The average molecular weight is 338 g/mol. The number of non-ortho nitro benzene ring substituents is 1. The monoisotopic (exact) mass is 338 g/mol. The van der Waals surface area contributed by atoms with E-state index in [4.69, 9.17) is 0 Å². The second kappa shape index (κ2) is 7.05. The van der Waals surface area contributed by atoms with Crippen molar-refractivity contribution in [2.24, 2.45) is 5.92 Å². The smallest absolute Gasteiger partial charge is 0.270 e. The van der Waals surface area contributed by atoms with Crippen molar-refractivity contribution in [3.05, 3.63) is 69.3 Å². The van der Waals surface area contributed by atoms with Gasteiger partial charge in [-0.3, -0.25) is 14.9 Å². The summed E-state index contributed by atoms with van der Waals surface area (Å²) in [5.74, 6) is 0.503. The Morgan fingerprint density at radius 2 is 1.76 bits per heavy atom. The minimum atomic E-state index is -0.450. The highest BCUT2D eigenvalue weighted by Crippen LogP contribution is 2.31. The van der Waals surface area contributed by atoms with Gasteiger partial charge in [0, 0.05) is 36.5 Å². The Labute approximate surface area is 147 Å². The molecule has 0 aliphatic carbocycles. The molecule has 1 aliphatic heterocycles. The van der Waals surface area contributed by atoms with E-state index in [9.17, 15) is 14.9 Å². The van der Waals surface area contributed by atoms with Crippen molar-refractivity contribution in [1.29, 1.82) is 0 Å². The lowest BCUT2D eigenvalue weighted by Crippen LogP contribution is -2.33.